The van der Waals surface area contributed by atoms with E-state index in [0.717, 1.165) is 31.5 Å². The first-order valence-electron chi connectivity index (χ1n) is 11.2. The molecular formula is C23H27Cl3N4O4S. The maximum absolute atomic E-state index is 12.9. The first kappa shape index (κ1) is 27.7. The van der Waals surface area contributed by atoms with E-state index in [1.807, 2.05) is 35.3 Å². The Kier molecular flexibility index (Phi) is 9.80. The van der Waals surface area contributed by atoms with E-state index in [1.165, 1.54) is 13.3 Å². The zero-order valence-corrected chi connectivity index (χ0v) is 22.2. The Hall–Kier alpha value is -1.88. The summed E-state index contributed by atoms with van der Waals surface area (Å²) in [7, 11) is -3.66. The van der Waals surface area contributed by atoms with E-state index >= 15 is 0 Å². The van der Waals surface area contributed by atoms with E-state index in [4.69, 9.17) is 39.4 Å². The van der Waals surface area contributed by atoms with Crippen molar-refractivity contribution in [2.24, 2.45) is 5.10 Å². The van der Waals surface area contributed by atoms with Gasteiger partial charge in [-0.25, -0.2) is 5.01 Å². The lowest BCUT2D eigenvalue weighted by atomic mass is 10.0. The maximum atomic E-state index is 12.9. The van der Waals surface area contributed by atoms with Gasteiger partial charge in [-0.1, -0.05) is 53.4 Å². The van der Waals surface area contributed by atoms with Crippen LogP contribution >= 0.6 is 34.8 Å². The highest BCUT2D eigenvalue weighted by molar-refractivity contribution is 7.85. The quantitative estimate of drug-likeness (QED) is 0.476. The van der Waals surface area contributed by atoms with Gasteiger partial charge in [0.1, 0.15) is 5.71 Å². The molecule has 0 saturated carbocycles. The predicted octanol–water partition coefficient (Wildman–Crippen LogP) is 5.37. The second-order valence-corrected chi connectivity index (χ2v) is 11.1. The molecule has 0 aliphatic carbocycles. The summed E-state index contributed by atoms with van der Waals surface area (Å²) in [6.45, 7) is 3.11. The van der Waals surface area contributed by atoms with E-state index in [1.54, 1.807) is 17.1 Å². The van der Waals surface area contributed by atoms with Crippen molar-refractivity contribution in [1.29, 1.82) is 0 Å². The summed E-state index contributed by atoms with van der Waals surface area (Å²) in [4.78, 5) is 12.9. The van der Waals surface area contributed by atoms with Gasteiger partial charge in [0.05, 0.1) is 22.5 Å². The minimum atomic E-state index is -3.66. The molecule has 2 aromatic rings. The highest BCUT2D eigenvalue weighted by atomic mass is 35.5. The normalized spacial score (nSPS) is 18.5. The number of hydrazone groups is 1. The lowest BCUT2D eigenvalue weighted by molar-refractivity contribution is -0.119. The molecule has 0 bridgehead atoms. The molecule has 2 aliphatic rings. The van der Waals surface area contributed by atoms with E-state index in [2.05, 4.69) is 10.5 Å². The number of hydrogen-bond donors (Lipinski definition) is 2. The number of hydrogen-bond acceptors (Lipinski definition) is 6. The molecule has 0 aromatic heterocycles. The SMILES string of the molecule is CCS(=O)(=O)O.O=C(NN1CCCCC1)C1=NN(c2ccc(Cl)cc2Cl)[C@H](c2ccc(Cl)cc2)C1. The van der Waals surface area contributed by atoms with Crippen molar-refractivity contribution in [3.05, 3.63) is 63.1 Å². The number of carbonyl (C=O) groups is 1. The third-order valence-corrected chi connectivity index (χ3v) is 7.08. The topological polar surface area (TPSA) is 102 Å². The lowest BCUT2D eigenvalue weighted by Gasteiger charge is -2.26. The number of anilines is 1. The van der Waals surface area contributed by atoms with Crippen molar-refractivity contribution >= 4 is 62.2 Å². The van der Waals surface area contributed by atoms with Crippen molar-refractivity contribution < 1.29 is 17.8 Å². The minimum absolute atomic E-state index is 0.159. The van der Waals surface area contributed by atoms with Crippen LogP contribution in [0.3, 0.4) is 0 Å². The Bertz CT molecular complexity index is 1170. The summed E-state index contributed by atoms with van der Waals surface area (Å²) in [5.41, 5.74) is 5.18. The number of piperidine rings is 1. The summed E-state index contributed by atoms with van der Waals surface area (Å²) < 4.78 is 26.9. The smallest absolute Gasteiger partial charge is 0.281 e. The Morgan fingerprint density at radius 1 is 1.06 bits per heavy atom. The Morgan fingerprint density at radius 2 is 1.66 bits per heavy atom. The molecule has 8 nitrogen and oxygen atoms in total. The lowest BCUT2D eigenvalue weighted by Crippen LogP contribution is -2.47. The van der Waals surface area contributed by atoms with Crippen LogP contribution in [-0.4, -0.2) is 48.4 Å². The molecule has 0 unspecified atom stereocenters. The minimum Gasteiger partial charge on any atom is -0.286 e. The third kappa shape index (κ3) is 8.06. The van der Waals surface area contributed by atoms with Crippen molar-refractivity contribution in [2.75, 3.05) is 23.9 Å². The highest BCUT2D eigenvalue weighted by Gasteiger charge is 2.34. The van der Waals surface area contributed by atoms with Crippen molar-refractivity contribution in [2.45, 2.75) is 38.6 Å². The number of rotatable bonds is 5. The van der Waals surface area contributed by atoms with Gasteiger partial charge >= 0.3 is 0 Å². The van der Waals surface area contributed by atoms with E-state index in [-0.39, 0.29) is 17.7 Å². The molecule has 190 valence electrons. The first-order chi connectivity index (χ1) is 16.6. The van der Waals surface area contributed by atoms with Crippen molar-refractivity contribution in [3.8, 4) is 0 Å². The number of nitrogens with one attached hydrogen (secondary N) is 1. The molecule has 0 spiro atoms. The van der Waals surface area contributed by atoms with Gasteiger partial charge in [-0.15, -0.1) is 0 Å². The standard InChI is InChI=1S/C21H21Cl3N4O.C2H6O3S/c22-15-6-4-14(5-7-15)20-13-18(21(29)26-27-10-2-1-3-11-27)25-28(20)19-9-8-16(23)12-17(19)24;1-2-6(3,4)5/h4-9,12,20H,1-3,10-11,13H2,(H,26,29);2H2,1H3,(H,3,4,5)/t20-;/m0./s1. The average Bonchev–Trinajstić information content (AvgIpc) is 3.25. The average molecular weight is 562 g/mol. The Balaban J connectivity index is 0.000000509. The Labute approximate surface area is 220 Å². The molecule has 4 rings (SSSR count). The molecule has 0 radical (unpaired) electrons. The van der Waals surface area contributed by atoms with Crippen LogP contribution in [0.5, 0.6) is 0 Å². The number of halogens is 3. The van der Waals surface area contributed by atoms with Crippen LogP contribution in [0.1, 0.15) is 44.2 Å². The van der Waals surface area contributed by atoms with Crippen LogP contribution in [0.25, 0.3) is 0 Å². The summed E-state index contributed by atoms with van der Waals surface area (Å²) >= 11 is 18.6. The molecule has 2 N–H and O–H groups in total. The number of nitrogens with zero attached hydrogens (tertiary/aromatic N) is 3. The molecular weight excluding hydrogens is 535 g/mol. The monoisotopic (exact) mass is 560 g/mol. The molecule has 12 heteroatoms. The fourth-order valence-electron chi connectivity index (χ4n) is 3.69. The van der Waals surface area contributed by atoms with Gasteiger partial charge in [-0.2, -0.15) is 13.5 Å². The number of amides is 1. The van der Waals surface area contributed by atoms with Crippen LogP contribution in [0.2, 0.25) is 15.1 Å². The predicted molar refractivity (Wildman–Crippen MR) is 141 cm³/mol. The van der Waals surface area contributed by atoms with Crippen LogP contribution in [0, 0.1) is 0 Å². The number of benzene rings is 2. The molecule has 2 aliphatic heterocycles. The van der Waals surface area contributed by atoms with Gasteiger partial charge in [0.2, 0.25) is 0 Å². The first-order valence-corrected chi connectivity index (χ1v) is 13.9. The van der Waals surface area contributed by atoms with Gasteiger partial charge in [-0.05, 0) is 55.7 Å². The fourth-order valence-corrected chi connectivity index (χ4v) is 4.32. The second-order valence-electron chi connectivity index (χ2n) is 8.12. The zero-order chi connectivity index (χ0) is 25.6. The largest absolute Gasteiger partial charge is 0.286 e. The van der Waals surface area contributed by atoms with Gasteiger partial charge < -0.3 is 0 Å². The highest BCUT2D eigenvalue weighted by Crippen LogP contribution is 2.39. The maximum Gasteiger partial charge on any atom is 0.281 e. The van der Waals surface area contributed by atoms with Crippen LogP contribution in [0.15, 0.2) is 47.6 Å². The summed E-state index contributed by atoms with van der Waals surface area (Å²) in [6.07, 6.45) is 3.86. The fraction of sp³-hybridized carbons (Fsp3) is 0.391. The summed E-state index contributed by atoms with van der Waals surface area (Å²) in [5.74, 6) is -0.369. The number of hydrazine groups is 1. The summed E-state index contributed by atoms with van der Waals surface area (Å²) in [5, 5.41) is 10.1. The second kappa shape index (κ2) is 12.4. The molecule has 1 saturated heterocycles. The molecule has 1 fully saturated rings. The molecule has 2 heterocycles. The van der Waals surface area contributed by atoms with Crippen molar-refractivity contribution in [1.82, 2.24) is 10.4 Å². The van der Waals surface area contributed by atoms with Gasteiger partial charge in [-0.3, -0.25) is 19.8 Å². The molecule has 35 heavy (non-hydrogen) atoms. The Morgan fingerprint density at radius 3 is 2.23 bits per heavy atom. The third-order valence-electron chi connectivity index (χ3n) is 5.56. The van der Waals surface area contributed by atoms with E-state index in [0.29, 0.717) is 32.9 Å². The van der Waals surface area contributed by atoms with Crippen LogP contribution < -0.4 is 10.4 Å². The van der Waals surface area contributed by atoms with Crippen molar-refractivity contribution in [3.63, 3.8) is 0 Å². The van der Waals surface area contributed by atoms with Gasteiger partial charge in [0.25, 0.3) is 16.0 Å². The molecule has 1 atom stereocenters. The number of carbonyl (C=O) groups excluding carboxylic acids is 1. The van der Waals surface area contributed by atoms with Gasteiger partial charge in [0, 0.05) is 29.6 Å². The van der Waals surface area contributed by atoms with Gasteiger partial charge in [0.15, 0.2) is 0 Å². The molecule has 1 amide bonds. The van der Waals surface area contributed by atoms with Crippen LogP contribution in [0.4, 0.5) is 5.69 Å². The summed E-state index contributed by atoms with van der Waals surface area (Å²) in [6, 6.07) is 12.7. The zero-order valence-electron chi connectivity index (χ0n) is 19.1. The van der Waals surface area contributed by atoms with Crippen LogP contribution in [-0.2, 0) is 14.9 Å². The molecule has 2 aromatic carbocycles. The van der Waals surface area contributed by atoms with E-state index in [9.17, 15) is 13.2 Å². The van der Waals surface area contributed by atoms with E-state index < -0.39 is 10.1 Å².